The normalized spacial score (nSPS) is 22.5. The number of aliphatic hydroxyl groups excluding tert-OH is 1. The third-order valence-corrected chi connectivity index (χ3v) is 12.1. The standard InChI is InChI=1S/C45H47F3N4O8/c46-45(47,48)35-21-27(11-12-33(35)42(56)58-20-5-4-18-49-23-38(54)31-13-15-37(53)41-32(31)14-16-39(55)50-41)25-59-30-10-6-9-29(22-30)40(28-7-2-1-3-8-28)51-43(57)60-44-26-52-19-17-34(44)36(44)24-52/h1-2,6-7,9-16,21-22,34,36,38,40,49,53-54H,3-5,8,17-20,23-26H2,(H,50,55)(H,51,57)/t34?,36?,38-,40-,44+/m0/s1. The third kappa shape index (κ3) is 8.79. The Balaban J connectivity index is 0.834. The second-order valence-corrected chi connectivity index (χ2v) is 16.0. The molecule has 15 heteroatoms. The maximum absolute atomic E-state index is 14.2. The SMILES string of the molecule is O=C(N[C@@H](C1=CC=CCC1)c1cccc(OCc2ccc(C(=O)OCCCCNC[C@H](O)c3ccc(O)c4[nH]c(=O)ccc34)c(C(F)(F)F)c2)c1)O[C@]12CN3CCC1C2C3. The molecule has 4 bridgehead atoms. The number of piperidine rings is 3. The van der Waals surface area contributed by atoms with E-state index in [0.29, 0.717) is 47.9 Å². The highest BCUT2D eigenvalue weighted by Gasteiger charge is 2.74. The van der Waals surface area contributed by atoms with Crippen molar-refractivity contribution in [2.45, 2.75) is 62.6 Å². The second-order valence-electron chi connectivity index (χ2n) is 16.0. The van der Waals surface area contributed by atoms with Crippen LogP contribution in [0.4, 0.5) is 18.0 Å². The van der Waals surface area contributed by atoms with E-state index in [4.69, 9.17) is 14.2 Å². The van der Waals surface area contributed by atoms with Gasteiger partial charge < -0.3 is 40.0 Å². The van der Waals surface area contributed by atoms with Gasteiger partial charge >= 0.3 is 18.2 Å². The molecule has 3 unspecified atom stereocenters. The van der Waals surface area contributed by atoms with Crippen LogP contribution in [-0.4, -0.2) is 77.1 Å². The van der Waals surface area contributed by atoms with E-state index >= 15 is 0 Å². The van der Waals surface area contributed by atoms with Gasteiger partial charge in [-0.3, -0.25) is 9.69 Å². The summed E-state index contributed by atoms with van der Waals surface area (Å²) >= 11 is 0. The van der Waals surface area contributed by atoms with Crippen LogP contribution in [0.1, 0.15) is 76.9 Å². The van der Waals surface area contributed by atoms with Crippen LogP contribution in [0.2, 0.25) is 0 Å². The Hall–Kier alpha value is -5.64. The molecule has 6 atom stereocenters. The molecule has 2 aliphatic carbocycles. The number of benzene rings is 3. The number of nitrogens with zero attached hydrogens (tertiary/aromatic N) is 1. The van der Waals surface area contributed by atoms with Crippen LogP contribution in [0, 0.1) is 11.8 Å². The molecule has 1 amide bonds. The first kappa shape index (κ1) is 41.1. The molecule has 4 heterocycles. The average molecular weight is 829 g/mol. The number of carbonyl (C=O) groups excluding carboxylic acids is 2. The van der Waals surface area contributed by atoms with Gasteiger partial charge in [0, 0.05) is 42.9 Å². The zero-order valence-electron chi connectivity index (χ0n) is 32.8. The van der Waals surface area contributed by atoms with Crippen LogP contribution in [0.5, 0.6) is 11.5 Å². The molecule has 3 aromatic carbocycles. The van der Waals surface area contributed by atoms with Gasteiger partial charge in [-0.05, 0) is 104 Å². The van der Waals surface area contributed by atoms with Gasteiger partial charge in [-0.2, -0.15) is 13.2 Å². The number of unbranched alkanes of at least 4 members (excludes halogenated alkanes) is 1. The molecule has 60 heavy (non-hydrogen) atoms. The Bertz CT molecular complexity index is 2370. The van der Waals surface area contributed by atoms with Crippen LogP contribution in [0.3, 0.4) is 0 Å². The number of aromatic hydroxyl groups is 1. The summed E-state index contributed by atoms with van der Waals surface area (Å²) in [5.74, 6) is 0.00163. The Morgan fingerprint density at radius 2 is 1.92 bits per heavy atom. The van der Waals surface area contributed by atoms with Crippen molar-refractivity contribution >= 4 is 23.0 Å². The highest BCUT2D eigenvalue weighted by Crippen LogP contribution is 2.63. The number of aromatic amines is 1. The highest BCUT2D eigenvalue weighted by atomic mass is 19.4. The Labute approximate surface area is 344 Å². The molecular weight excluding hydrogens is 782 g/mol. The van der Waals surface area contributed by atoms with Gasteiger partial charge in [-0.1, -0.05) is 42.5 Å². The van der Waals surface area contributed by atoms with E-state index in [-0.39, 0.29) is 42.1 Å². The van der Waals surface area contributed by atoms with Crippen molar-refractivity contribution in [1.82, 2.24) is 20.5 Å². The molecule has 12 nitrogen and oxygen atoms in total. The number of phenolic OH excluding ortho intramolecular Hbond substituents is 1. The minimum absolute atomic E-state index is 0.112. The van der Waals surface area contributed by atoms with Gasteiger partial charge in [0.25, 0.3) is 0 Å². The van der Waals surface area contributed by atoms with Gasteiger partial charge in [-0.15, -0.1) is 0 Å². The van der Waals surface area contributed by atoms with E-state index in [1.165, 1.54) is 24.3 Å². The number of hydrogen-bond acceptors (Lipinski definition) is 10. The summed E-state index contributed by atoms with van der Waals surface area (Å²) in [6.45, 7) is 3.04. The lowest BCUT2D eigenvalue weighted by Crippen LogP contribution is -2.42. The Morgan fingerprint density at radius 1 is 1.05 bits per heavy atom. The van der Waals surface area contributed by atoms with Crippen LogP contribution in [0.15, 0.2) is 95.3 Å². The number of halogens is 3. The molecule has 5 aliphatic rings. The summed E-state index contributed by atoms with van der Waals surface area (Å²) < 4.78 is 60.1. The topological polar surface area (TPSA) is 162 Å². The summed E-state index contributed by atoms with van der Waals surface area (Å²) in [6.07, 6.45) is 3.19. The first-order chi connectivity index (χ1) is 28.9. The largest absolute Gasteiger partial charge is 0.506 e. The van der Waals surface area contributed by atoms with Crippen LogP contribution in [0.25, 0.3) is 10.9 Å². The molecular formula is C45H47F3N4O8. The Morgan fingerprint density at radius 3 is 2.67 bits per heavy atom. The number of esters is 1. The van der Waals surface area contributed by atoms with E-state index in [9.17, 15) is 37.8 Å². The maximum Gasteiger partial charge on any atom is 0.417 e. The smallest absolute Gasteiger partial charge is 0.417 e. The maximum atomic E-state index is 14.2. The number of hydrogen-bond donors (Lipinski definition) is 5. The van der Waals surface area contributed by atoms with Crippen molar-refractivity contribution in [2.75, 3.05) is 39.3 Å². The molecule has 3 aliphatic heterocycles. The molecule has 316 valence electrons. The third-order valence-electron chi connectivity index (χ3n) is 12.1. The van der Waals surface area contributed by atoms with E-state index in [2.05, 4.69) is 26.6 Å². The van der Waals surface area contributed by atoms with Crippen molar-refractivity contribution in [3.05, 3.63) is 129 Å². The number of alkyl halides is 3. The molecule has 5 N–H and O–H groups in total. The predicted octanol–water partition coefficient (Wildman–Crippen LogP) is 6.84. The number of carbonyl (C=O) groups is 2. The number of H-pyrrole nitrogens is 1. The number of aromatic nitrogens is 1. The zero-order chi connectivity index (χ0) is 42.0. The molecule has 3 saturated heterocycles. The lowest BCUT2D eigenvalue weighted by Gasteiger charge is -2.30. The van der Waals surface area contributed by atoms with Crippen LogP contribution in [-0.2, 0) is 22.3 Å². The number of alkyl carbamates (subject to hydrolysis) is 1. The molecule has 4 fully saturated rings. The van der Waals surface area contributed by atoms with Gasteiger partial charge in [-0.25, -0.2) is 9.59 Å². The summed E-state index contributed by atoms with van der Waals surface area (Å²) in [5, 5.41) is 27.5. The summed E-state index contributed by atoms with van der Waals surface area (Å²) in [6, 6.07) is 15.8. The monoisotopic (exact) mass is 828 g/mol. The highest BCUT2D eigenvalue weighted by molar-refractivity contribution is 5.91. The van der Waals surface area contributed by atoms with Crippen molar-refractivity contribution in [3.8, 4) is 11.5 Å². The molecule has 9 rings (SSSR count). The number of amides is 1. The number of nitrogens with one attached hydrogen (secondary N) is 3. The minimum atomic E-state index is -4.84. The lowest BCUT2D eigenvalue weighted by molar-refractivity contribution is -0.138. The first-order valence-corrected chi connectivity index (χ1v) is 20.3. The minimum Gasteiger partial charge on any atom is -0.506 e. The van der Waals surface area contributed by atoms with Crippen LogP contribution < -0.4 is 20.9 Å². The van der Waals surface area contributed by atoms with Crippen molar-refractivity contribution < 1.29 is 47.2 Å². The van der Waals surface area contributed by atoms with E-state index in [1.54, 1.807) is 24.3 Å². The van der Waals surface area contributed by atoms with E-state index in [0.717, 1.165) is 62.2 Å². The fraction of sp³-hybridized carbons (Fsp3) is 0.400. The van der Waals surface area contributed by atoms with E-state index < -0.39 is 47.1 Å². The Kier molecular flexibility index (Phi) is 11.7. The number of aliphatic hydroxyl groups is 1. The number of ether oxygens (including phenoxy) is 3. The number of fused-ring (bicyclic) bond motifs is 2. The number of phenols is 1. The van der Waals surface area contributed by atoms with Crippen molar-refractivity contribution in [2.24, 2.45) is 11.8 Å². The lowest BCUT2D eigenvalue weighted by atomic mass is 9.92. The number of pyridine rings is 1. The zero-order valence-corrected chi connectivity index (χ0v) is 32.8. The molecule has 0 spiro atoms. The first-order valence-electron chi connectivity index (χ1n) is 20.3. The van der Waals surface area contributed by atoms with Gasteiger partial charge in [0.1, 0.15) is 23.7 Å². The fourth-order valence-corrected chi connectivity index (χ4v) is 9.01. The summed E-state index contributed by atoms with van der Waals surface area (Å²) in [4.78, 5) is 42.8. The molecule has 1 aromatic heterocycles. The van der Waals surface area contributed by atoms with E-state index in [1.807, 2.05) is 18.2 Å². The molecule has 4 aromatic rings. The molecule has 0 radical (unpaired) electrons. The van der Waals surface area contributed by atoms with Gasteiger partial charge in [0.15, 0.2) is 0 Å². The quantitative estimate of drug-likeness (QED) is 0.0598. The number of rotatable bonds is 16. The van der Waals surface area contributed by atoms with Gasteiger partial charge in [0.05, 0.1) is 35.4 Å². The van der Waals surface area contributed by atoms with Crippen molar-refractivity contribution in [3.63, 3.8) is 0 Å². The average Bonchev–Trinajstić information content (AvgIpc) is 3.73. The summed E-state index contributed by atoms with van der Waals surface area (Å²) in [5.41, 5.74) is 0.160. The molecule has 1 saturated carbocycles. The number of allylic oxidation sites excluding steroid dienone is 3. The summed E-state index contributed by atoms with van der Waals surface area (Å²) in [7, 11) is 0. The predicted molar refractivity (Wildman–Crippen MR) is 215 cm³/mol. The van der Waals surface area contributed by atoms with Crippen molar-refractivity contribution in [1.29, 1.82) is 0 Å². The second kappa shape index (κ2) is 17.1. The van der Waals surface area contributed by atoms with Crippen LogP contribution >= 0.6 is 0 Å². The fourth-order valence-electron chi connectivity index (χ4n) is 9.01. The van der Waals surface area contributed by atoms with Gasteiger partial charge in [0.2, 0.25) is 5.56 Å².